The Morgan fingerprint density at radius 2 is 1.96 bits per heavy atom. The molecule has 0 unspecified atom stereocenters. The number of nitrogens with zero attached hydrogens (tertiary/aromatic N) is 2. The standard InChI is InChI=1S/C21H24N2O4/c1-20(2)8-14-9-21(3,10-20)11-23(14)19(24)15-7-17(27-22-15)13-4-5-16-18(6-13)26-12-25-16/h4-7,14H,8-12H2,1-3H3/t14-,21-/m1/s1. The van der Waals surface area contributed by atoms with Crippen molar-refractivity contribution in [1.82, 2.24) is 10.1 Å². The number of aromatic nitrogens is 1. The van der Waals surface area contributed by atoms with Crippen LogP contribution in [0.3, 0.4) is 0 Å². The molecule has 3 heterocycles. The maximum atomic E-state index is 13.1. The molecular weight excluding hydrogens is 344 g/mol. The van der Waals surface area contributed by atoms with Crippen LogP contribution in [0.15, 0.2) is 28.8 Å². The van der Waals surface area contributed by atoms with Gasteiger partial charge in [0.05, 0.1) is 0 Å². The van der Waals surface area contributed by atoms with Crippen LogP contribution in [0.5, 0.6) is 11.5 Å². The van der Waals surface area contributed by atoms with Gasteiger partial charge in [-0.05, 0) is 48.3 Å². The monoisotopic (exact) mass is 368 g/mol. The summed E-state index contributed by atoms with van der Waals surface area (Å²) in [5.41, 5.74) is 1.66. The number of ether oxygens (including phenoxy) is 2. The van der Waals surface area contributed by atoms with E-state index in [9.17, 15) is 4.79 Å². The van der Waals surface area contributed by atoms with Gasteiger partial charge >= 0.3 is 0 Å². The Balaban J connectivity index is 1.39. The lowest BCUT2D eigenvalue weighted by Gasteiger charge is -2.39. The zero-order chi connectivity index (χ0) is 18.8. The fraction of sp³-hybridized carbons (Fsp3) is 0.524. The Morgan fingerprint density at radius 3 is 2.81 bits per heavy atom. The molecule has 142 valence electrons. The number of amides is 1. The molecule has 1 aromatic carbocycles. The molecule has 1 amide bonds. The summed E-state index contributed by atoms with van der Waals surface area (Å²) in [6.45, 7) is 7.93. The van der Waals surface area contributed by atoms with Crippen molar-refractivity contribution >= 4 is 5.91 Å². The molecule has 6 heteroatoms. The molecule has 1 aromatic heterocycles. The van der Waals surface area contributed by atoms with Gasteiger partial charge in [-0.1, -0.05) is 25.9 Å². The molecule has 6 nitrogen and oxygen atoms in total. The van der Waals surface area contributed by atoms with Crippen molar-refractivity contribution in [3.05, 3.63) is 30.0 Å². The van der Waals surface area contributed by atoms with Crippen LogP contribution in [0.1, 0.15) is 50.5 Å². The van der Waals surface area contributed by atoms with Crippen LogP contribution in [0.25, 0.3) is 11.3 Å². The number of rotatable bonds is 2. The van der Waals surface area contributed by atoms with Crippen LogP contribution in [-0.4, -0.2) is 35.3 Å². The number of hydrogen-bond acceptors (Lipinski definition) is 5. The van der Waals surface area contributed by atoms with E-state index in [-0.39, 0.29) is 29.6 Å². The predicted octanol–water partition coefficient (Wildman–Crippen LogP) is 4.11. The predicted molar refractivity (Wildman–Crippen MR) is 98.6 cm³/mol. The molecule has 2 aromatic rings. The summed E-state index contributed by atoms with van der Waals surface area (Å²) < 4.78 is 16.2. The Labute approximate surface area is 158 Å². The Morgan fingerprint density at radius 1 is 1.15 bits per heavy atom. The number of fused-ring (bicyclic) bond motifs is 3. The molecule has 2 bridgehead atoms. The Bertz CT molecular complexity index is 919. The lowest BCUT2D eigenvalue weighted by Crippen LogP contribution is -2.37. The Kier molecular flexibility index (Phi) is 3.39. The zero-order valence-corrected chi connectivity index (χ0v) is 15.9. The fourth-order valence-electron chi connectivity index (χ4n) is 5.41. The van der Waals surface area contributed by atoms with Crippen LogP contribution >= 0.6 is 0 Å². The minimum Gasteiger partial charge on any atom is -0.454 e. The second-order valence-electron chi connectivity index (χ2n) is 9.29. The number of likely N-dealkylation sites (tertiary alicyclic amines) is 1. The molecule has 5 rings (SSSR count). The first kappa shape index (κ1) is 16.7. The summed E-state index contributed by atoms with van der Waals surface area (Å²) in [6.07, 6.45) is 3.28. The molecule has 2 atom stereocenters. The van der Waals surface area contributed by atoms with Crippen LogP contribution in [0.2, 0.25) is 0 Å². The first-order valence-electron chi connectivity index (χ1n) is 9.50. The van der Waals surface area contributed by atoms with Gasteiger partial charge in [0, 0.05) is 24.2 Å². The van der Waals surface area contributed by atoms with Gasteiger partial charge in [-0.15, -0.1) is 0 Å². The quantitative estimate of drug-likeness (QED) is 0.798. The third-order valence-corrected chi connectivity index (χ3v) is 6.06. The van der Waals surface area contributed by atoms with E-state index in [2.05, 4.69) is 25.9 Å². The number of carbonyl (C=O) groups excluding carboxylic acids is 1. The van der Waals surface area contributed by atoms with E-state index < -0.39 is 0 Å². The van der Waals surface area contributed by atoms with Gasteiger partial charge in [-0.3, -0.25) is 4.79 Å². The summed E-state index contributed by atoms with van der Waals surface area (Å²) in [5, 5.41) is 4.07. The third kappa shape index (κ3) is 2.78. The summed E-state index contributed by atoms with van der Waals surface area (Å²) in [4.78, 5) is 15.1. The van der Waals surface area contributed by atoms with Gasteiger partial charge in [0.2, 0.25) is 6.79 Å². The lowest BCUT2D eigenvalue weighted by molar-refractivity contribution is 0.0698. The van der Waals surface area contributed by atoms with E-state index in [0.717, 1.165) is 37.1 Å². The summed E-state index contributed by atoms with van der Waals surface area (Å²) in [5.74, 6) is 1.93. The highest BCUT2D eigenvalue weighted by Crippen LogP contribution is 2.52. The van der Waals surface area contributed by atoms with Crippen LogP contribution in [0, 0.1) is 10.8 Å². The van der Waals surface area contributed by atoms with E-state index in [1.54, 1.807) is 6.07 Å². The molecule has 2 fully saturated rings. The van der Waals surface area contributed by atoms with Crippen LogP contribution in [0.4, 0.5) is 0 Å². The maximum absolute atomic E-state index is 13.1. The number of carbonyl (C=O) groups is 1. The SMILES string of the molecule is CC1(C)C[C@@H]2C[C@@](C)(CN2C(=O)c2cc(-c3ccc4c(c3)OCO4)on2)C1. The van der Waals surface area contributed by atoms with Gasteiger partial charge in [-0.2, -0.15) is 0 Å². The molecule has 0 radical (unpaired) electrons. The lowest BCUT2D eigenvalue weighted by atomic mass is 9.65. The third-order valence-electron chi connectivity index (χ3n) is 6.06. The molecular formula is C21H24N2O4. The van der Waals surface area contributed by atoms with Gasteiger partial charge in [-0.25, -0.2) is 0 Å². The van der Waals surface area contributed by atoms with E-state index in [1.165, 1.54) is 0 Å². The van der Waals surface area contributed by atoms with Gasteiger partial charge in [0.1, 0.15) is 0 Å². The fourth-order valence-corrected chi connectivity index (χ4v) is 5.41. The van der Waals surface area contributed by atoms with Crippen molar-refractivity contribution in [3.63, 3.8) is 0 Å². The molecule has 0 spiro atoms. The second kappa shape index (κ2) is 5.50. The summed E-state index contributed by atoms with van der Waals surface area (Å²) >= 11 is 0. The molecule has 27 heavy (non-hydrogen) atoms. The highest BCUT2D eigenvalue weighted by molar-refractivity contribution is 5.93. The topological polar surface area (TPSA) is 64.8 Å². The molecule has 3 aliphatic rings. The average Bonchev–Trinajstić information content (AvgIpc) is 3.29. The Hall–Kier alpha value is -2.50. The van der Waals surface area contributed by atoms with Crippen molar-refractivity contribution in [1.29, 1.82) is 0 Å². The highest BCUT2D eigenvalue weighted by atomic mass is 16.7. The van der Waals surface area contributed by atoms with Gasteiger partial charge in [0.25, 0.3) is 5.91 Å². The normalized spacial score (nSPS) is 27.8. The van der Waals surface area contributed by atoms with E-state index >= 15 is 0 Å². The largest absolute Gasteiger partial charge is 0.454 e. The summed E-state index contributed by atoms with van der Waals surface area (Å²) in [7, 11) is 0. The first-order chi connectivity index (χ1) is 12.8. The zero-order valence-electron chi connectivity index (χ0n) is 15.9. The van der Waals surface area contributed by atoms with E-state index in [4.69, 9.17) is 14.0 Å². The minimum absolute atomic E-state index is 0.0304. The van der Waals surface area contributed by atoms with Gasteiger partial charge in [0.15, 0.2) is 23.0 Å². The number of benzene rings is 1. The van der Waals surface area contributed by atoms with E-state index in [0.29, 0.717) is 17.2 Å². The van der Waals surface area contributed by atoms with E-state index in [1.807, 2.05) is 23.1 Å². The minimum atomic E-state index is -0.0304. The maximum Gasteiger partial charge on any atom is 0.276 e. The molecule has 1 saturated carbocycles. The molecule has 1 saturated heterocycles. The van der Waals surface area contributed by atoms with Gasteiger partial charge < -0.3 is 18.9 Å². The number of hydrogen-bond donors (Lipinski definition) is 0. The average molecular weight is 368 g/mol. The molecule has 2 aliphatic heterocycles. The van der Waals surface area contributed by atoms with Crippen LogP contribution < -0.4 is 9.47 Å². The van der Waals surface area contributed by atoms with Crippen molar-refractivity contribution in [3.8, 4) is 22.8 Å². The smallest absolute Gasteiger partial charge is 0.276 e. The van der Waals surface area contributed by atoms with Crippen molar-refractivity contribution in [2.45, 2.75) is 46.1 Å². The highest BCUT2D eigenvalue weighted by Gasteiger charge is 2.51. The van der Waals surface area contributed by atoms with Crippen LogP contribution in [-0.2, 0) is 0 Å². The second-order valence-corrected chi connectivity index (χ2v) is 9.29. The van der Waals surface area contributed by atoms with Crippen molar-refractivity contribution in [2.24, 2.45) is 10.8 Å². The molecule has 1 aliphatic carbocycles. The first-order valence-corrected chi connectivity index (χ1v) is 9.50. The van der Waals surface area contributed by atoms with Crippen molar-refractivity contribution in [2.75, 3.05) is 13.3 Å². The van der Waals surface area contributed by atoms with Crippen molar-refractivity contribution < 1.29 is 18.8 Å². The molecule has 0 N–H and O–H groups in total. The summed E-state index contributed by atoms with van der Waals surface area (Å²) in [6, 6.07) is 7.60.